The molecule has 1 saturated heterocycles. The second-order valence-electron chi connectivity index (χ2n) is 5.78. The molecule has 0 saturated carbocycles. The Morgan fingerprint density at radius 3 is 2.65 bits per heavy atom. The Kier molecular flexibility index (Phi) is 6.55. The number of rotatable bonds is 6. The van der Waals surface area contributed by atoms with Gasteiger partial charge in [-0.3, -0.25) is 14.5 Å². The largest absolute Gasteiger partial charge is 0.379 e. The summed E-state index contributed by atoms with van der Waals surface area (Å²) in [4.78, 5) is 26.0. The van der Waals surface area contributed by atoms with Crippen molar-refractivity contribution in [1.82, 2.24) is 10.2 Å². The molecular formula is C17H25N3O3. The number of carbonyl (C=O) groups is 2. The number of ether oxygens (including phenoxy) is 1. The molecule has 6 nitrogen and oxygen atoms in total. The lowest BCUT2D eigenvalue weighted by Crippen LogP contribution is -2.41. The number of morpholine rings is 1. The van der Waals surface area contributed by atoms with Gasteiger partial charge in [-0.1, -0.05) is 12.1 Å². The van der Waals surface area contributed by atoms with Gasteiger partial charge < -0.3 is 15.4 Å². The summed E-state index contributed by atoms with van der Waals surface area (Å²) in [5.74, 6) is -0.538. The molecule has 1 aromatic rings. The van der Waals surface area contributed by atoms with Gasteiger partial charge in [0, 0.05) is 31.9 Å². The SMILES string of the molecule is Cc1cccc(NC(=O)CC(=O)NCCN2CCOCC2)c1C. The third kappa shape index (κ3) is 5.65. The van der Waals surface area contributed by atoms with Crippen LogP contribution in [0.5, 0.6) is 0 Å². The van der Waals surface area contributed by atoms with Gasteiger partial charge in [-0.15, -0.1) is 0 Å². The molecule has 1 heterocycles. The van der Waals surface area contributed by atoms with Crippen LogP contribution in [0.25, 0.3) is 0 Å². The first-order chi connectivity index (χ1) is 11.1. The molecule has 2 amide bonds. The quantitative estimate of drug-likeness (QED) is 0.770. The third-order valence-corrected chi connectivity index (χ3v) is 4.05. The topological polar surface area (TPSA) is 70.7 Å². The van der Waals surface area contributed by atoms with E-state index in [0.717, 1.165) is 49.7 Å². The molecule has 0 atom stereocenters. The molecule has 0 aliphatic carbocycles. The van der Waals surface area contributed by atoms with Crippen LogP contribution in [0.3, 0.4) is 0 Å². The van der Waals surface area contributed by atoms with Gasteiger partial charge in [0.15, 0.2) is 0 Å². The molecule has 1 aliphatic heterocycles. The maximum Gasteiger partial charge on any atom is 0.233 e. The zero-order chi connectivity index (χ0) is 16.7. The molecule has 0 unspecified atom stereocenters. The Morgan fingerprint density at radius 1 is 1.17 bits per heavy atom. The average molecular weight is 319 g/mol. The standard InChI is InChI=1S/C17H25N3O3/c1-13-4-3-5-15(14(13)2)19-17(22)12-16(21)18-6-7-20-8-10-23-11-9-20/h3-5H,6-12H2,1-2H3,(H,18,21)(H,19,22). The lowest BCUT2D eigenvalue weighted by molar-refractivity contribution is -0.126. The van der Waals surface area contributed by atoms with E-state index in [0.29, 0.717) is 6.54 Å². The molecule has 126 valence electrons. The van der Waals surface area contributed by atoms with Crippen LogP contribution >= 0.6 is 0 Å². The van der Waals surface area contributed by atoms with E-state index >= 15 is 0 Å². The maximum absolute atomic E-state index is 12.0. The van der Waals surface area contributed by atoms with Crippen LogP contribution in [0.1, 0.15) is 17.5 Å². The number of nitrogens with zero attached hydrogens (tertiary/aromatic N) is 1. The lowest BCUT2D eigenvalue weighted by atomic mass is 10.1. The van der Waals surface area contributed by atoms with Gasteiger partial charge in [0.05, 0.1) is 13.2 Å². The summed E-state index contributed by atoms with van der Waals surface area (Å²) in [5, 5.41) is 5.59. The predicted molar refractivity (Wildman–Crippen MR) is 89.4 cm³/mol. The fourth-order valence-electron chi connectivity index (χ4n) is 2.47. The first-order valence-corrected chi connectivity index (χ1v) is 7.99. The van der Waals surface area contributed by atoms with Crippen molar-refractivity contribution in [2.45, 2.75) is 20.3 Å². The maximum atomic E-state index is 12.0. The van der Waals surface area contributed by atoms with E-state index < -0.39 is 0 Å². The van der Waals surface area contributed by atoms with Gasteiger partial charge in [-0.25, -0.2) is 0 Å². The van der Waals surface area contributed by atoms with Crippen LogP contribution in [0.4, 0.5) is 5.69 Å². The molecular weight excluding hydrogens is 294 g/mol. The summed E-state index contributed by atoms with van der Waals surface area (Å²) in [6.45, 7) is 8.55. The van der Waals surface area contributed by atoms with Crippen LogP contribution in [0.2, 0.25) is 0 Å². The van der Waals surface area contributed by atoms with E-state index in [4.69, 9.17) is 4.74 Å². The number of anilines is 1. The summed E-state index contributed by atoms with van der Waals surface area (Å²) in [6, 6.07) is 5.72. The summed E-state index contributed by atoms with van der Waals surface area (Å²) < 4.78 is 5.27. The van der Waals surface area contributed by atoms with E-state index in [9.17, 15) is 9.59 Å². The van der Waals surface area contributed by atoms with Crippen LogP contribution in [-0.4, -0.2) is 56.1 Å². The van der Waals surface area contributed by atoms with Gasteiger partial charge in [0.1, 0.15) is 6.42 Å². The minimum Gasteiger partial charge on any atom is -0.379 e. The Balaban J connectivity index is 1.70. The Hall–Kier alpha value is -1.92. The molecule has 0 aromatic heterocycles. The molecule has 1 aromatic carbocycles. The number of benzene rings is 1. The third-order valence-electron chi connectivity index (χ3n) is 4.05. The van der Waals surface area contributed by atoms with Crippen molar-refractivity contribution in [2.75, 3.05) is 44.7 Å². The van der Waals surface area contributed by atoms with E-state index in [1.807, 2.05) is 32.0 Å². The van der Waals surface area contributed by atoms with Crippen LogP contribution < -0.4 is 10.6 Å². The molecule has 0 radical (unpaired) electrons. The summed E-state index contributed by atoms with van der Waals surface area (Å²) in [6.07, 6.45) is -0.156. The van der Waals surface area contributed by atoms with Gasteiger partial charge in [0.25, 0.3) is 0 Å². The van der Waals surface area contributed by atoms with Crippen LogP contribution in [-0.2, 0) is 14.3 Å². The number of nitrogens with one attached hydrogen (secondary N) is 2. The predicted octanol–water partition coefficient (Wildman–Crippen LogP) is 1.08. The highest BCUT2D eigenvalue weighted by Gasteiger charge is 2.13. The Bertz CT molecular complexity index is 554. The van der Waals surface area contributed by atoms with Crippen molar-refractivity contribution in [3.8, 4) is 0 Å². The second kappa shape index (κ2) is 8.64. The molecule has 23 heavy (non-hydrogen) atoms. The van der Waals surface area contributed by atoms with E-state index in [1.54, 1.807) is 0 Å². The van der Waals surface area contributed by atoms with Crippen molar-refractivity contribution >= 4 is 17.5 Å². The van der Waals surface area contributed by atoms with E-state index in [-0.39, 0.29) is 18.2 Å². The number of carbonyl (C=O) groups excluding carboxylic acids is 2. The Labute approximate surface area is 137 Å². The molecule has 1 fully saturated rings. The smallest absolute Gasteiger partial charge is 0.233 e. The first kappa shape index (κ1) is 17.4. The van der Waals surface area contributed by atoms with Crippen molar-refractivity contribution in [3.05, 3.63) is 29.3 Å². The monoisotopic (exact) mass is 319 g/mol. The van der Waals surface area contributed by atoms with Crippen LogP contribution in [0.15, 0.2) is 18.2 Å². The van der Waals surface area contributed by atoms with E-state index in [1.165, 1.54) is 0 Å². The highest BCUT2D eigenvalue weighted by atomic mass is 16.5. The highest BCUT2D eigenvalue weighted by molar-refractivity contribution is 6.03. The molecule has 2 N–H and O–H groups in total. The summed E-state index contributed by atoms with van der Waals surface area (Å²) in [5.41, 5.74) is 2.89. The second-order valence-corrected chi connectivity index (χ2v) is 5.78. The fraction of sp³-hybridized carbons (Fsp3) is 0.529. The van der Waals surface area contributed by atoms with Crippen LogP contribution in [0, 0.1) is 13.8 Å². The molecule has 6 heteroatoms. The minimum atomic E-state index is -0.289. The van der Waals surface area contributed by atoms with E-state index in [2.05, 4.69) is 15.5 Å². The van der Waals surface area contributed by atoms with Crippen molar-refractivity contribution in [3.63, 3.8) is 0 Å². The first-order valence-electron chi connectivity index (χ1n) is 7.99. The van der Waals surface area contributed by atoms with Crippen molar-refractivity contribution in [1.29, 1.82) is 0 Å². The van der Waals surface area contributed by atoms with Gasteiger partial charge in [-0.2, -0.15) is 0 Å². The molecule has 2 rings (SSSR count). The number of aryl methyl sites for hydroxylation is 1. The number of amides is 2. The van der Waals surface area contributed by atoms with Gasteiger partial charge in [-0.05, 0) is 31.0 Å². The normalized spacial score (nSPS) is 15.2. The number of hydrogen-bond acceptors (Lipinski definition) is 4. The lowest BCUT2D eigenvalue weighted by Gasteiger charge is -2.26. The molecule has 0 spiro atoms. The summed E-state index contributed by atoms with van der Waals surface area (Å²) in [7, 11) is 0. The minimum absolute atomic E-state index is 0.156. The molecule has 1 aliphatic rings. The van der Waals surface area contributed by atoms with Gasteiger partial charge >= 0.3 is 0 Å². The molecule has 0 bridgehead atoms. The Morgan fingerprint density at radius 2 is 1.91 bits per heavy atom. The van der Waals surface area contributed by atoms with Gasteiger partial charge in [0.2, 0.25) is 11.8 Å². The van der Waals surface area contributed by atoms with Crippen molar-refractivity contribution in [2.24, 2.45) is 0 Å². The highest BCUT2D eigenvalue weighted by Crippen LogP contribution is 2.17. The summed E-state index contributed by atoms with van der Waals surface area (Å²) >= 11 is 0. The average Bonchev–Trinajstić information content (AvgIpc) is 2.53. The van der Waals surface area contributed by atoms with Crippen molar-refractivity contribution < 1.29 is 14.3 Å². The number of hydrogen-bond donors (Lipinski definition) is 2. The fourth-order valence-corrected chi connectivity index (χ4v) is 2.47. The zero-order valence-electron chi connectivity index (χ0n) is 13.9. The zero-order valence-corrected chi connectivity index (χ0v) is 13.9.